The highest BCUT2D eigenvalue weighted by Gasteiger charge is 2.12. The third-order valence-electron chi connectivity index (χ3n) is 3.51. The fraction of sp³-hybridized carbons (Fsp3) is 0.111. The van der Waals surface area contributed by atoms with E-state index in [0.29, 0.717) is 22.4 Å². The molecular weight excluding hydrogens is 324 g/mol. The number of nitrogens with zero attached hydrogens (tertiary/aromatic N) is 1. The number of hydrogen-bond donors (Lipinski definition) is 1. The van der Waals surface area contributed by atoms with Gasteiger partial charge in [-0.15, -0.1) is 0 Å². The maximum absolute atomic E-state index is 12.1. The van der Waals surface area contributed by atoms with Crippen molar-refractivity contribution >= 4 is 29.3 Å². The van der Waals surface area contributed by atoms with E-state index in [4.69, 9.17) is 4.74 Å². The lowest BCUT2D eigenvalue weighted by Gasteiger charge is -2.10. The fourth-order valence-corrected chi connectivity index (χ4v) is 2.19. The van der Waals surface area contributed by atoms with E-state index in [0.717, 1.165) is 0 Å². The van der Waals surface area contributed by atoms with Crippen LogP contribution < -0.4 is 5.32 Å². The smallest absolute Gasteiger partial charge is 0.338 e. The Morgan fingerprint density at radius 2 is 1.92 bits per heavy atom. The zero-order valence-corrected chi connectivity index (χ0v) is 13.7. The van der Waals surface area contributed by atoms with Crippen LogP contribution in [0.25, 0.3) is 6.08 Å². The van der Waals surface area contributed by atoms with Crippen LogP contribution in [0.4, 0.5) is 11.4 Å². The van der Waals surface area contributed by atoms with Crippen LogP contribution >= 0.6 is 0 Å². The molecule has 2 rings (SSSR count). The van der Waals surface area contributed by atoms with Crippen LogP contribution in [-0.2, 0) is 9.53 Å². The summed E-state index contributed by atoms with van der Waals surface area (Å²) in [7, 11) is 1.29. The molecule has 0 aromatic heterocycles. The van der Waals surface area contributed by atoms with Crippen molar-refractivity contribution < 1.29 is 19.2 Å². The summed E-state index contributed by atoms with van der Waals surface area (Å²) in [6, 6.07) is 10.8. The van der Waals surface area contributed by atoms with Gasteiger partial charge in [0, 0.05) is 23.9 Å². The third-order valence-corrected chi connectivity index (χ3v) is 3.51. The van der Waals surface area contributed by atoms with E-state index in [2.05, 4.69) is 5.32 Å². The first-order valence-electron chi connectivity index (χ1n) is 7.34. The lowest BCUT2D eigenvalue weighted by molar-refractivity contribution is -0.384. The van der Waals surface area contributed by atoms with E-state index in [1.165, 1.54) is 31.4 Å². The Balaban J connectivity index is 2.14. The Morgan fingerprint density at radius 3 is 2.60 bits per heavy atom. The Labute approximate surface area is 144 Å². The molecule has 128 valence electrons. The lowest BCUT2D eigenvalue weighted by Crippen LogP contribution is -2.11. The summed E-state index contributed by atoms with van der Waals surface area (Å²) in [6.07, 6.45) is 2.74. The molecule has 0 unspecified atom stereocenters. The van der Waals surface area contributed by atoms with Gasteiger partial charge in [0.2, 0.25) is 5.91 Å². The predicted octanol–water partition coefficient (Wildman–Crippen LogP) is 3.34. The van der Waals surface area contributed by atoms with Gasteiger partial charge in [0.25, 0.3) is 5.69 Å². The normalized spacial score (nSPS) is 10.5. The Bertz CT molecular complexity index is 858. The number of nitrogens with one attached hydrogen (secondary N) is 1. The van der Waals surface area contributed by atoms with Crippen LogP contribution in [-0.4, -0.2) is 23.9 Å². The number of carbonyl (C=O) groups excluding carboxylic acids is 2. The van der Waals surface area contributed by atoms with E-state index in [9.17, 15) is 19.7 Å². The number of amides is 1. The fourth-order valence-electron chi connectivity index (χ4n) is 2.19. The highest BCUT2D eigenvalue weighted by atomic mass is 16.6. The van der Waals surface area contributed by atoms with Crippen LogP contribution in [0, 0.1) is 17.0 Å². The topological polar surface area (TPSA) is 98.5 Å². The van der Waals surface area contributed by atoms with Crippen molar-refractivity contribution in [1.82, 2.24) is 0 Å². The van der Waals surface area contributed by atoms with Gasteiger partial charge in [-0.2, -0.15) is 0 Å². The molecule has 1 amide bonds. The number of nitro groups is 1. The van der Waals surface area contributed by atoms with Crippen LogP contribution in [0.5, 0.6) is 0 Å². The van der Waals surface area contributed by atoms with E-state index >= 15 is 0 Å². The van der Waals surface area contributed by atoms with Gasteiger partial charge in [-0.05, 0) is 36.3 Å². The average molecular weight is 340 g/mol. The van der Waals surface area contributed by atoms with Crippen LogP contribution in [0.2, 0.25) is 0 Å². The molecule has 0 saturated heterocycles. The number of nitro benzene ring substituents is 1. The molecule has 2 aromatic carbocycles. The molecule has 0 spiro atoms. The highest BCUT2D eigenvalue weighted by Crippen LogP contribution is 2.20. The number of rotatable bonds is 5. The molecule has 7 heteroatoms. The third kappa shape index (κ3) is 4.51. The summed E-state index contributed by atoms with van der Waals surface area (Å²) in [5.41, 5.74) is 1.92. The first-order valence-corrected chi connectivity index (χ1v) is 7.34. The number of anilines is 1. The highest BCUT2D eigenvalue weighted by molar-refractivity contribution is 6.03. The second-order valence-corrected chi connectivity index (χ2v) is 5.14. The number of ether oxygens (including phenoxy) is 1. The minimum absolute atomic E-state index is 0.0517. The average Bonchev–Trinajstić information content (AvgIpc) is 2.61. The number of hydrogen-bond acceptors (Lipinski definition) is 5. The van der Waals surface area contributed by atoms with Gasteiger partial charge in [0.1, 0.15) is 0 Å². The summed E-state index contributed by atoms with van der Waals surface area (Å²) in [6.45, 7) is 1.70. The van der Waals surface area contributed by atoms with E-state index in [1.807, 2.05) is 0 Å². The summed E-state index contributed by atoms with van der Waals surface area (Å²) in [5.74, 6) is -0.905. The monoisotopic (exact) mass is 340 g/mol. The Hall–Kier alpha value is -3.48. The molecule has 0 aliphatic rings. The molecule has 0 bridgehead atoms. The summed E-state index contributed by atoms with van der Waals surface area (Å²) >= 11 is 0. The first kappa shape index (κ1) is 17.9. The molecular formula is C18H16N2O5. The second-order valence-electron chi connectivity index (χ2n) is 5.14. The van der Waals surface area contributed by atoms with Crippen molar-refractivity contribution in [3.63, 3.8) is 0 Å². The van der Waals surface area contributed by atoms with Gasteiger partial charge in [0.15, 0.2) is 0 Å². The molecule has 1 N–H and O–H groups in total. The maximum Gasteiger partial charge on any atom is 0.338 e. The Morgan fingerprint density at radius 1 is 1.20 bits per heavy atom. The van der Waals surface area contributed by atoms with Crippen molar-refractivity contribution in [2.45, 2.75) is 6.92 Å². The van der Waals surface area contributed by atoms with Crippen LogP contribution in [0.3, 0.4) is 0 Å². The van der Waals surface area contributed by atoms with Crippen molar-refractivity contribution in [1.29, 1.82) is 0 Å². The van der Waals surface area contributed by atoms with Crippen LogP contribution in [0.1, 0.15) is 21.5 Å². The van der Waals surface area contributed by atoms with Gasteiger partial charge >= 0.3 is 5.97 Å². The summed E-state index contributed by atoms with van der Waals surface area (Å²) < 4.78 is 4.69. The predicted molar refractivity (Wildman–Crippen MR) is 93.3 cm³/mol. The van der Waals surface area contributed by atoms with E-state index in [-0.39, 0.29) is 5.69 Å². The molecule has 0 fully saturated rings. The lowest BCUT2D eigenvalue weighted by atomic mass is 10.1. The molecule has 0 heterocycles. The Kier molecular flexibility index (Phi) is 5.62. The standard InChI is InChI=1S/C18H16N2O5/c1-12-15(18(22)25-2)7-4-8-16(12)19-17(21)10-9-13-5-3-6-14(11-13)20(23)24/h3-11H,1-2H3,(H,19,21)/b10-9+. The van der Waals surface area contributed by atoms with Crippen molar-refractivity contribution in [3.8, 4) is 0 Å². The van der Waals surface area contributed by atoms with Gasteiger partial charge in [-0.1, -0.05) is 18.2 Å². The number of esters is 1. The number of non-ortho nitro benzene ring substituents is 1. The van der Waals surface area contributed by atoms with E-state index < -0.39 is 16.8 Å². The molecule has 25 heavy (non-hydrogen) atoms. The number of carbonyl (C=O) groups is 2. The van der Waals surface area contributed by atoms with Crippen molar-refractivity contribution in [3.05, 3.63) is 75.3 Å². The molecule has 0 saturated carbocycles. The zero-order chi connectivity index (χ0) is 18.4. The summed E-state index contributed by atoms with van der Waals surface area (Å²) in [5, 5.41) is 13.4. The first-order chi connectivity index (χ1) is 11.9. The van der Waals surface area contributed by atoms with Gasteiger partial charge < -0.3 is 10.1 Å². The van der Waals surface area contributed by atoms with Crippen molar-refractivity contribution in [2.24, 2.45) is 0 Å². The van der Waals surface area contributed by atoms with Gasteiger partial charge in [-0.25, -0.2) is 4.79 Å². The SMILES string of the molecule is COC(=O)c1cccc(NC(=O)/C=C/c2cccc([N+](=O)[O-])c2)c1C. The summed E-state index contributed by atoms with van der Waals surface area (Å²) in [4.78, 5) is 34.0. The molecule has 0 aliphatic heterocycles. The second kappa shape index (κ2) is 7.87. The number of methoxy groups -OCH3 is 1. The maximum atomic E-state index is 12.1. The molecule has 2 aromatic rings. The molecule has 0 radical (unpaired) electrons. The number of benzene rings is 2. The van der Waals surface area contributed by atoms with E-state index in [1.54, 1.807) is 37.3 Å². The zero-order valence-electron chi connectivity index (χ0n) is 13.7. The molecule has 7 nitrogen and oxygen atoms in total. The largest absolute Gasteiger partial charge is 0.465 e. The van der Waals surface area contributed by atoms with Gasteiger partial charge in [0.05, 0.1) is 17.6 Å². The van der Waals surface area contributed by atoms with Gasteiger partial charge in [-0.3, -0.25) is 14.9 Å². The quantitative estimate of drug-likeness (QED) is 0.389. The minimum Gasteiger partial charge on any atom is -0.465 e. The van der Waals surface area contributed by atoms with Crippen molar-refractivity contribution in [2.75, 3.05) is 12.4 Å². The van der Waals surface area contributed by atoms with Crippen LogP contribution in [0.15, 0.2) is 48.5 Å². The molecule has 0 atom stereocenters. The minimum atomic E-state index is -0.501. The molecule has 0 aliphatic carbocycles.